The van der Waals surface area contributed by atoms with Crippen molar-refractivity contribution in [2.24, 2.45) is 0 Å². The lowest BCUT2D eigenvalue weighted by atomic mass is 10.2. The first-order valence-corrected chi connectivity index (χ1v) is 10.2. The van der Waals surface area contributed by atoms with Crippen LogP contribution >= 0.6 is 11.6 Å². The molecule has 2 aromatic rings. The van der Waals surface area contributed by atoms with Crippen molar-refractivity contribution in [3.63, 3.8) is 0 Å². The summed E-state index contributed by atoms with van der Waals surface area (Å²) in [6.45, 7) is 0.766. The van der Waals surface area contributed by atoms with Crippen LogP contribution in [0.15, 0.2) is 47.4 Å². The summed E-state index contributed by atoms with van der Waals surface area (Å²) in [4.78, 5) is 12.2. The SMILES string of the molecule is O=C(Nc1ccccc1O)c1ccc(Cl)c(S(=O)(=O)NCC2CCCO2)c1. The van der Waals surface area contributed by atoms with Crippen molar-refractivity contribution in [1.29, 1.82) is 0 Å². The third kappa shape index (κ3) is 4.78. The molecule has 3 N–H and O–H groups in total. The second-order valence-corrected chi connectivity index (χ2v) is 8.25. The molecule has 0 saturated carbocycles. The molecule has 9 heteroatoms. The summed E-state index contributed by atoms with van der Waals surface area (Å²) in [7, 11) is -3.91. The van der Waals surface area contributed by atoms with Gasteiger partial charge in [-0.2, -0.15) is 0 Å². The maximum atomic E-state index is 12.6. The third-order valence-corrected chi connectivity index (χ3v) is 6.07. The fourth-order valence-electron chi connectivity index (χ4n) is 2.71. The minimum atomic E-state index is -3.91. The molecule has 7 nitrogen and oxygen atoms in total. The van der Waals surface area contributed by atoms with Crippen LogP contribution < -0.4 is 10.0 Å². The Bertz CT molecular complexity index is 943. The predicted octanol–water partition coefficient (Wildman–Crippen LogP) is 2.76. The van der Waals surface area contributed by atoms with Gasteiger partial charge in [-0.1, -0.05) is 23.7 Å². The first kappa shape index (κ1) is 19.6. The second kappa shape index (κ2) is 8.26. The van der Waals surface area contributed by atoms with E-state index in [1.807, 2.05) is 0 Å². The fraction of sp³-hybridized carbons (Fsp3) is 0.278. The molecule has 1 atom stereocenters. The highest BCUT2D eigenvalue weighted by Crippen LogP contribution is 2.25. The molecule has 2 aromatic carbocycles. The normalized spacial score (nSPS) is 17.0. The third-order valence-electron chi connectivity index (χ3n) is 4.16. The molecule has 27 heavy (non-hydrogen) atoms. The van der Waals surface area contributed by atoms with Gasteiger partial charge in [0.05, 0.1) is 16.8 Å². The van der Waals surface area contributed by atoms with Gasteiger partial charge < -0.3 is 15.2 Å². The number of nitrogens with one attached hydrogen (secondary N) is 2. The molecule has 1 fully saturated rings. The Hall–Kier alpha value is -2.13. The number of hydrogen-bond donors (Lipinski definition) is 3. The van der Waals surface area contributed by atoms with Gasteiger partial charge in [-0.25, -0.2) is 13.1 Å². The number of para-hydroxylation sites is 2. The quantitative estimate of drug-likeness (QED) is 0.635. The van der Waals surface area contributed by atoms with Gasteiger partial charge in [0, 0.05) is 18.7 Å². The van der Waals surface area contributed by atoms with E-state index in [0.29, 0.717) is 6.61 Å². The molecule has 0 aromatic heterocycles. The van der Waals surface area contributed by atoms with E-state index >= 15 is 0 Å². The Labute approximate surface area is 162 Å². The highest BCUT2D eigenvalue weighted by Gasteiger charge is 2.23. The lowest BCUT2D eigenvalue weighted by Gasteiger charge is -2.13. The molecule has 1 unspecified atom stereocenters. The lowest BCUT2D eigenvalue weighted by Crippen LogP contribution is -2.32. The van der Waals surface area contributed by atoms with Gasteiger partial charge in [-0.05, 0) is 43.2 Å². The fourth-order valence-corrected chi connectivity index (χ4v) is 4.30. The zero-order valence-electron chi connectivity index (χ0n) is 14.3. The van der Waals surface area contributed by atoms with Crippen LogP contribution in [-0.2, 0) is 14.8 Å². The molecule has 0 spiro atoms. The monoisotopic (exact) mass is 410 g/mol. The average molecular weight is 411 g/mol. The van der Waals surface area contributed by atoms with Crippen molar-refractivity contribution >= 4 is 33.2 Å². The number of benzene rings is 2. The first-order chi connectivity index (χ1) is 12.9. The van der Waals surface area contributed by atoms with Gasteiger partial charge in [-0.3, -0.25) is 4.79 Å². The number of phenols is 1. The van der Waals surface area contributed by atoms with E-state index in [0.717, 1.165) is 12.8 Å². The van der Waals surface area contributed by atoms with Crippen molar-refractivity contribution in [1.82, 2.24) is 4.72 Å². The molecule has 0 bridgehead atoms. The number of aromatic hydroxyl groups is 1. The van der Waals surface area contributed by atoms with Gasteiger partial charge in [0.25, 0.3) is 5.91 Å². The highest BCUT2D eigenvalue weighted by atomic mass is 35.5. The van der Waals surface area contributed by atoms with E-state index in [2.05, 4.69) is 10.0 Å². The Balaban J connectivity index is 1.78. The van der Waals surface area contributed by atoms with Gasteiger partial charge in [0.2, 0.25) is 10.0 Å². The molecule has 0 radical (unpaired) electrons. The standard InChI is InChI=1S/C18H19ClN2O5S/c19-14-8-7-12(18(23)21-15-5-1-2-6-16(15)22)10-17(14)27(24,25)20-11-13-4-3-9-26-13/h1-2,5-8,10,13,20,22H,3-4,9,11H2,(H,21,23). The van der Waals surface area contributed by atoms with Crippen LogP contribution in [0.1, 0.15) is 23.2 Å². The zero-order valence-corrected chi connectivity index (χ0v) is 15.9. The minimum Gasteiger partial charge on any atom is -0.506 e. The number of amides is 1. The molecule has 1 aliphatic heterocycles. The largest absolute Gasteiger partial charge is 0.506 e. The lowest BCUT2D eigenvalue weighted by molar-refractivity contribution is 0.102. The van der Waals surface area contributed by atoms with Crippen molar-refractivity contribution in [2.45, 2.75) is 23.8 Å². The number of sulfonamides is 1. The van der Waals surface area contributed by atoms with Crippen LogP contribution in [0.3, 0.4) is 0 Å². The van der Waals surface area contributed by atoms with E-state index < -0.39 is 15.9 Å². The number of carbonyl (C=O) groups excluding carboxylic acids is 1. The number of carbonyl (C=O) groups is 1. The second-order valence-electron chi connectivity index (χ2n) is 6.10. The van der Waals surface area contributed by atoms with Gasteiger partial charge >= 0.3 is 0 Å². The number of anilines is 1. The smallest absolute Gasteiger partial charge is 0.255 e. The van der Waals surface area contributed by atoms with Crippen molar-refractivity contribution in [3.05, 3.63) is 53.1 Å². The first-order valence-electron chi connectivity index (χ1n) is 8.37. The molecule has 0 aliphatic carbocycles. The summed E-state index contributed by atoms with van der Waals surface area (Å²) in [5, 5.41) is 12.3. The van der Waals surface area contributed by atoms with E-state index in [9.17, 15) is 18.3 Å². The van der Waals surface area contributed by atoms with E-state index in [1.54, 1.807) is 12.1 Å². The molecular formula is C18H19ClN2O5S. The number of rotatable bonds is 6. The maximum absolute atomic E-state index is 12.6. The summed E-state index contributed by atoms with van der Waals surface area (Å²) >= 11 is 6.04. The van der Waals surface area contributed by atoms with E-state index in [-0.39, 0.29) is 39.6 Å². The number of ether oxygens (including phenoxy) is 1. The summed E-state index contributed by atoms with van der Waals surface area (Å²) in [5.74, 6) is -0.658. The molecule has 3 rings (SSSR count). The van der Waals surface area contributed by atoms with Gasteiger partial charge in [0.1, 0.15) is 10.6 Å². The van der Waals surface area contributed by atoms with E-state index in [1.165, 1.54) is 30.3 Å². The molecule has 1 aliphatic rings. The van der Waals surface area contributed by atoms with Crippen LogP contribution in [0.5, 0.6) is 5.75 Å². The Kier molecular flexibility index (Phi) is 6.01. The average Bonchev–Trinajstić information content (AvgIpc) is 3.16. The molecule has 1 heterocycles. The maximum Gasteiger partial charge on any atom is 0.255 e. The van der Waals surface area contributed by atoms with Crippen LogP contribution in [0.4, 0.5) is 5.69 Å². The molecule has 1 amide bonds. The van der Waals surface area contributed by atoms with Gasteiger partial charge in [0.15, 0.2) is 0 Å². The Morgan fingerprint density at radius 1 is 1.26 bits per heavy atom. The van der Waals surface area contributed by atoms with Crippen LogP contribution in [-0.4, -0.2) is 38.7 Å². The van der Waals surface area contributed by atoms with Crippen LogP contribution in [0, 0.1) is 0 Å². The summed E-state index contributed by atoms with van der Waals surface area (Å²) < 4.78 is 33.0. The molecule has 144 valence electrons. The number of halogens is 1. The summed E-state index contributed by atoms with van der Waals surface area (Å²) in [6, 6.07) is 10.2. The molecular weight excluding hydrogens is 392 g/mol. The zero-order chi connectivity index (χ0) is 19.4. The Morgan fingerprint density at radius 3 is 2.74 bits per heavy atom. The summed E-state index contributed by atoms with van der Waals surface area (Å²) in [6.07, 6.45) is 1.53. The Morgan fingerprint density at radius 2 is 2.04 bits per heavy atom. The van der Waals surface area contributed by atoms with Crippen molar-refractivity contribution in [3.8, 4) is 5.75 Å². The topological polar surface area (TPSA) is 105 Å². The highest BCUT2D eigenvalue weighted by molar-refractivity contribution is 7.89. The summed E-state index contributed by atoms with van der Waals surface area (Å²) in [5.41, 5.74) is 0.318. The number of phenolic OH excluding ortho intramolecular Hbond substituents is 1. The molecule has 1 saturated heterocycles. The van der Waals surface area contributed by atoms with Crippen LogP contribution in [0.25, 0.3) is 0 Å². The number of hydrogen-bond acceptors (Lipinski definition) is 5. The van der Waals surface area contributed by atoms with E-state index in [4.69, 9.17) is 16.3 Å². The van der Waals surface area contributed by atoms with Gasteiger partial charge in [-0.15, -0.1) is 0 Å². The van der Waals surface area contributed by atoms with Crippen LogP contribution in [0.2, 0.25) is 5.02 Å². The van der Waals surface area contributed by atoms with Crippen molar-refractivity contribution < 1.29 is 23.1 Å². The minimum absolute atomic E-state index is 0.00829. The van der Waals surface area contributed by atoms with Crippen molar-refractivity contribution in [2.75, 3.05) is 18.5 Å². The predicted molar refractivity (Wildman–Crippen MR) is 102 cm³/mol.